The highest BCUT2D eigenvalue weighted by atomic mass is 16.5. The molecule has 0 saturated carbocycles. The van der Waals surface area contributed by atoms with Gasteiger partial charge < -0.3 is 14.6 Å². The van der Waals surface area contributed by atoms with Gasteiger partial charge in [0.25, 0.3) is 0 Å². The first-order valence-corrected chi connectivity index (χ1v) is 7.20. The van der Waals surface area contributed by atoms with Crippen molar-refractivity contribution in [3.63, 3.8) is 0 Å². The molecule has 2 rings (SSSR count). The molecule has 19 heavy (non-hydrogen) atoms. The lowest BCUT2D eigenvalue weighted by molar-refractivity contribution is 0.0555. The molecule has 1 fully saturated rings. The smallest absolute Gasteiger partial charge is 0.234 e. The van der Waals surface area contributed by atoms with Crippen LogP contribution in [-0.4, -0.2) is 30.3 Å². The lowest BCUT2D eigenvalue weighted by Crippen LogP contribution is -2.29. The van der Waals surface area contributed by atoms with Gasteiger partial charge in [0, 0.05) is 13.7 Å². The Kier molecular flexibility index (Phi) is 4.58. The fourth-order valence-electron chi connectivity index (χ4n) is 2.97. The summed E-state index contributed by atoms with van der Waals surface area (Å²) in [6, 6.07) is 0. The topological polar surface area (TPSA) is 60.2 Å². The molecule has 1 saturated heterocycles. The maximum atomic E-state index is 5.56. The Morgan fingerprint density at radius 2 is 2.26 bits per heavy atom. The summed E-state index contributed by atoms with van der Waals surface area (Å²) in [5.41, 5.74) is 0.0231. The summed E-state index contributed by atoms with van der Waals surface area (Å²) in [6.07, 6.45) is 3.19. The monoisotopic (exact) mass is 267 g/mol. The van der Waals surface area contributed by atoms with Gasteiger partial charge >= 0.3 is 0 Å². The van der Waals surface area contributed by atoms with Crippen LogP contribution in [0, 0.1) is 5.92 Å². The van der Waals surface area contributed by atoms with E-state index in [1.54, 1.807) is 7.11 Å². The van der Waals surface area contributed by atoms with Gasteiger partial charge in [-0.3, -0.25) is 0 Å². The van der Waals surface area contributed by atoms with E-state index < -0.39 is 0 Å². The maximum Gasteiger partial charge on any atom is 0.234 e. The van der Waals surface area contributed by atoms with Crippen molar-refractivity contribution >= 4 is 0 Å². The van der Waals surface area contributed by atoms with Gasteiger partial charge in [-0.05, 0) is 25.3 Å². The highest BCUT2D eigenvalue weighted by Crippen LogP contribution is 2.35. The Morgan fingerprint density at radius 3 is 2.79 bits per heavy atom. The van der Waals surface area contributed by atoms with Gasteiger partial charge in [0.2, 0.25) is 11.7 Å². The van der Waals surface area contributed by atoms with E-state index in [1.807, 2.05) is 0 Å². The van der Waals surface area contributed by atoms with E-state index in [9.17, 15) is 0 Å². The molecular weight excluding hydrogens is 242 g/mol. The number of ether oxygens (including phenoxy) is 1. The summed E-state index contributed by atoms with van der Waals surface area (Å²) in [4.78, 5) is 4.63. The summed E-state index contributed by atoms with van der Waals surface area (Å²) in [5, 5.41) is 7.55. The minimum Gasteiger partial charge on any atom is -0.373 e. The number of hydrogen-bond donors (Lipinski definition) is 1. The zero-order valence-electron chi connectivity index (χ0n) is 12.4. The van der Waals surface area contributed by atoms with Crippen LogP contribution in [0.15, 0.2) is 4.52 Å². The van der Waals surface area contributed by atoms with E-state index in [0.29, 0.717) is 11.7 Å². The zero-order valence-corrected chi connectivity index (χ0v) is 12.4. The van der Waals surface area contributed by atoms with E-state index in [0.717, 1.165) is 38.2 Å². The van der Waals surface area contributed by atoms with Gasteiger partial charge in [0.15, 0.2) is 0 Å². The second kappa shape index (κ2) is 6.01. The van der Waals surface area contributed by atoms with Crippen LogP contribution >= 0.6 is 0 Å². The van der Waals surface area contributed by atoms with Crippen LogP contribution in [0.5, 0.6) is 0 Å². The highest BCUT2D eigenvalue weighted by Gasteiger charge is 2.40. The summed E-state index contributed by atoms with van der Waals surface area (Å²) in [5.74, 6) is 1.78. The lowest BCUT2D eigenvalue weighted by atomic mass is 9.82. The van der Waals surface area contributed by atoms with Crippen LogP contribution in [0.2, 0.25) is 0 Å². The molecule has 108 valence electrons. The van der Waals surface area contributed by atoms with Crippen LogP contribution in [0.1, 0.15) is 57.9 Å². The second-order valence-electron chi connectivity index (χ2n) is 5.82. The third-order valence-electron chi connectivity index (χ3n) is 3.98. The molecule has 1 N–H and O–H groups in total. The number of hydrogen-bond acceptors (Lipinski definition) is 5. The molecule has 1 aliphatic heterocycles. The minimum atomic E-state index is -0.0921. The van der Waals surface area contributed by atoms with Gasteiger partial charge in [-0.2, -0.15) is 4.98 Å². The first kappa shape index (κ1) is 14.5. The molecule has 0 aliphatic carbocycles. The lowest BCUT2D eigenvalue weighted by Gasteiger charge is -2.22. The molecule has 0 aromatic carbocycles. The molecule has 1 aromatic heterocycles. The molecule has 0 spiro atoms. The van der Waals surface area contributed by atoms with Crippen LogP contribution in [0.3, 0.4) is 0 Å². The van der Waals surface area contributed by atoms with Crippen molar-refractivity contribution < 1.29 is 9.26 Å². The Labute approximate surface area is 115 Å². The molecule has 0 bridgehead atoms. The third kappa shape index (κ3) is 2.82. The van der Waals surface area contributed by atoms with Crippen molar-refractivity contribution in [1.29, 1.82) is 0 Å². The molecule has 2 unspecified atom stereocenters. The van der Waals surface area contributed by atoms with Crippen molar-refractivity contribution in [2.24, 2.45) is 5.92 Å². The SMILES string of the molecule is CCCC1(c2nc(C(OC)C(C)C)no2)CCNC1. The summed E-state index contributed by atoms with van der Waals surface area (Å²) in [7, 11) is 1.69. The van der Waals surface area contributed by atoms with Crippen molar-refractivity contribution in [2.75, 3.05) is 20.2 Å². The normalized spacial score (nSPS) is 25.1. The van der Waals surface area contributed by atoms with E-state index in [-0.39, 0.29) is 11.5 Å². The van der Waals surface area contributed by atoms with Crippen LogP contribution in [0.4, 0.5) is 0 Å². The fraction of sp³-hybridized carbons (Fsp3) is 0.857. The Hall–Kier alpha value is -0.940. The number of nitrogens with zero attached hydrogens (tertiary/aromatic N) is 2. The summed E-state index contributed by atoms with van der Waals surface area (Å²) >= 11 is 0. The number of aromatic nitrogens is 2. The first-order valence-electron chi connectivity index (χ1n) is 7.20. The third-order valence-corrected chi connectivity index (χ3v) is 3.98. The number of rotatable bonds is 6. The van der Waals surface area contributed by atoms with Gasteiger partial charge in [-0.15, -0.1) is 0 Å². The molecule has 5 heteroatoms. The van der Waals surface area contributed by atoms with E-state index in [2.05, 4.69) is 36.2 Å². The summed E-state index contributed by atoms with van der Waals surface area (Å²) < 4.78 is 11.0. The molecule has 1 aliphatic rings. The molecule has 2 atom stereocenters. The van der Waals surface area contributed by atoms with Crippen molar-refractivity contribution in [1.82, 2.24) is 15.5 Å². The highest BCUT2D eigenvalue weighted by molar-refractivity contribution is 5.10. The Bertz CT molecular complexity index is 397. The minimum absolute atomic E-state index is 0.0231. The Balaban J connectivity index is 2.23. The molecular formula is C14H25N3O2. The van der Waals surface area contributed by atoms with E-state index >= 15 is 0 Å². The van der Waals surface area contributed by atoms with Gasteiger partial charge in [-0.1, -0.05) is 32.3 Å². The molecule has 5 nitrogen and oxygen atoms in total. The fourth-order valence-corrected chi connectivity index (χ4v) is 2.97. The molecule has 0 radical (unpaired) electrons. The Morgan fingerprint density at radius 1 is 1.47 bits per heavy atom. The van der Waals surface area contributed by atoms with Crippen molar-refractivity contribution in [2.45, 2.75) is 51.6 Å². The second-order valence-corrected chi connectivity index (χ2v) is 5.82. The average Bonchev–Trinajstić information content (AvgIpc) is 2.99. The predicted molar refractivity (Wildman–Crippen MR) is 73.0 cm³/mol. The van der Waals surface area contributed by atoms with Gasteiger partial charge in [0.1, 0.15) is 6.10 Å². The first-order chi connectivity index (χ1) is 9.13. The summed E-state index contributed by atoms with van der Waals surface area (Å²) in [6.45, 7) is 8.35. The van der Waals surface area contributed by atoms with Crippen LogP contribution in [0.25, 0.3) is 0 Å². The number of methoxy groups -OCH3 is 1. The molecule has 2 heterocycles. The van der Waals surface area contributed by atoms with Gasteiger partial charge in [0.05, 0.1) is 5.41 Å². The average molecular weight is 267 g/mol. The van der Waals surface area contributed by atoms with Crippen LogP contribution < -0.4 is 5.32 Å². The maximum absolute atomic E-state index is 5.56. The van der Waals surface area contributed by atoms with E-state index in [1.165, 1.54) is 0 Å². The quantitative estimate of drug-likeness (QED) is 0.858. The van der Waals surface area contributed by atoms with E-state index in [4.69, 9.17) is 9.26 Å². The molecule has 0 amide bonds. The zero-order chi connectivity index (χ0) is 13.9. The molecule has 1 aromatic rings. The van der Waals surface area contributed by atoms with Crippen molar-refractivity contribution in [3.8, 4) is 0 Å². The van der Waals surface area contributed by atoms with Crippen LogP contribution in [-0.2, 0) is 10.2 Å². The number of nitrogens with one attached hydrogen (secondary N) is 1. The van der Waals surface area contributed by atoms with Crippen molar-refractivity contribution in [3.05, 3.63) is 11.7 Å². The predicted octanol–water partition coefficient (Wildman–Crippen LogP) is 2.44. The van der Waals surface area contributed by atoms with Gasteiger partial charge in [-0.25, -0.2) is 0 Å². The standard InChI is InChI=1S/C14H25N3O2/c1-5-6-14(7-8-15-9-14)13-16-12(17-19-13)11(18-4)10(2)3/h10-11,15H,5-9H2,1-4H3. The largest absolute Gasteiger partial charge is 0.373 e.